The van der Waals surface area contributed by atoms with Gasteiger partial charge in [0.15, 0.2) is 0 Å². The molecular weight excluding hydrogens is 273 g/mol. The van der Waals surface area contributed by atoms with E-state index >= 15 is 0 Å². The van der Waals surface area contributed by atoms with Gasteiger partial charge < -0.3 is 4.52 Å². The van der Waals surface area contributed by atoms with Gasteiger partial charge in [0.2, 0.25) is 7.37 Å². The molecule has 0 spiro atoms. The summed E-state index contributed by atoms with van der Waals surface area (Å²) in [6.07, 6.45) is 0. The molecule has 1 atom stereocenters. The molecule has 0 aromatic rings. The molecule has 0 saturated carbocycles. The molecule has 56 valence electrons. The van der Waals surface area contributed by atoms with Gasteiger partial charge in [-0.05, 0) is 6.92 Å². The van der Waals surface area contributed by atoms with E-state index in [9.17, 15) is 4.57 Å². The van der Waals surface area contributed by atoms with Crippen molar-refractivity contribution in [1.29, 1.82) is 0 Å². The molecule has 0 aliphatic heterocycles. The zero-order valence-electron chi connectivity index (χ0n) is 5.14. The third-order valence-corrected chi connectivity index (χ3v) is 6.40. The molecular formula is C4H9ClIO2P. The molecule has 0 aliphatic carbocycles. The molecule has 0 aliphatic rings. The quantitative estimate of drug-likeness (QED) is 0.450. The van der Waals surface area contributed by atoms with Crippen LogP contribution in [0.15, 0.2) is 0 Å². The van der Waals surface area contributed by atoms with Gasteiger partial charge in [-0.2, -0.15) is 0 Å². The fourth-order valence-corrected chi connectivity index (χ4v) is 3.64. The molecule has 0 aromatic heterocycles. The predicted octanol–water partition coefficient (Wildman–Crippen LogP) is 2.89. The Kier molecular flexibility index (Phi) is 5.60. The second-order valence-electron chi connectivity index (χ2n) is 1.47. The normalized spacial score (nSPS) is 17.2. The van der Waals surface area contributed by atoms with E-state index in [-0.39, 0.29) is 5.62 Å². The van der Waals surface area contributed by atoms with E-state index in [2.05, 4.69) is 0 Å². The molecule has 0 aromatic carbocycles. The van der Waals surface area contributed by atoms with Crippen molar-refractivity contribution in [3.63, 3.8) is 0 Å². The zero-order chi connectivity index (χ0) is 7.33. The zero-order valence-corrected chi connectivity index (χ0v) is 8.95. The Balaban J connectivity index is 3.78. The lowest BCUT2D eigenvalue weighted by Crippen LogP contribution is -1.91. The Morgan fingerprint density at radius 2 is 2.33 bits per heavy atom. The average molecular weight is 282 g/mol. The van der Waals surface area contributed by atoms with Crippen molar-refractivity contribution in [3.05, 3.63) is 0 Å². The molecule has 2 nitrogen and oxygen atoms in total. The maximum Gasteiger partial charge on any atom is 0.226 e. The lowest BCUT2D eigenvalue weighted by atomic mass is 10.9. The van der Waals surface area contributed by atoms with Crippen LogP contribution in [0.4, 0.5) is 0 Å². The predicted molar refractivity (Wildman–Crippen MR) is 48.8 cm³/mol. The minimum Gasteiger partial charge on any atom is -0.327 e. The van der Waals surface area contributed by atoms with Gasteiger partial charge in [-0.3, -0.25) is 4.57 Å². The summed E-state index contributed by atoms with van der Waals surface area (Å²) in [5, 5.41) is 0. The van der Waals surface area contributed by atoms with Crippen molar-refractivity contribution in [1.82, 2.24) is 0 Å². The molecule has 0 bridgehead atoms. The van der Waals surface area contributed by atoms with Crippen molar-refractivity contribution in [2.75, 3.05) is 16.4 Å². The minimum absolute atomic E-state index is 0.129. The first-order chi connectivity index (χ1) is 4.18. The highest BCUT2D eigenvalue weighted by molar-refractivity contribution is 14.1. The molecule has 5 heteroatoms. The van der Waals surface area contributed by atoms with Crippen LogP contribution < -0.4 is 0 Å². The topological polar surface area (TPSA) is 26.3 Å². The Hall–Kier alpha value is 1.21. The van der Waals surface area contributed by atoms with Gasteiger partial charge in [0.1, 0.15) is 0 Å². The van der Waals surface area contributed by atoms with Crippen molar-refractivity contribution >= 4 is 41.6 Å². The van der Waals surface area contributed by atoms with E-state index in [1.807, 2.05) is 29.5 Å². The molecule has 0 fully saturated rings. The van der Waals surface area contributed by atoms with Gasteiger partial charge in [0.05, 0.1) is 16.4 Å². The number of hydrogen-bond acceptors (Lipinski definition) is 2. The Bertz CT molecular complexity index is 111. The maximum absolute atomic E-state index is 11.2. The standard InChI is InChI=1S/C4H9ClIO2P/c1-2-8-9(7,3-5)4-6/h2-4H2,1H3. The SMILES string of the molecule is CCOP(=O)(CCl)CI. The van der Waals surface area contributed by atoms with Crippen molar-refractivity contribution in [2.45, 2.75) is 6.92 Å². The van der Waals surface area contributed by atoms with E-state index in [0.29, 0.717) is 10.8 Å². The van der Waals surface area contributed by atoms with Crippen LogP contribution in [0.1, 0.15) is 6.92 Å². The summed E-state index contributed by atoms with van der Waals surface area (Å²) in [6.45, 7) is 2.29. The second-order valence-corrected chi connectivity index (χ2v) is 6.60. The summed E-state index contributed by atoms with van der Waals surface area (Å²) in [5.41, 5.74) is 0.129. The Labute approximate surface area is 73.9 Å². The Morgan fingerprint density at radius 1 is 1.78 bits per heavy atom. The van der Waals surface area contributed by atoms with Gasteiger partial charge in [-0.25, -0.2) is 0 Å². The highest BCUT2D eigenvalue weighted by atomic mass is 127. The summed E-state index contributed by atoms with van der Waals surface area (Å²) < 4.78 is 16.6. The fraction of sp³-hybridized carbons (Fsp3) is 1.00. The summed E-state index contributed by atoms with van der Waals surface area (Å²) in [4.78, 5) is 0. The highest BCUT2D eigenvalue weighted by Gasteiger charge is 2.18. The fourth-order valence-electron chi connectivity index (χ4n) is 0.336. The summed E-state index contributed by atoms with van der Waals surface area (Å²) in [6, 6.07) is 0. The van der Waals surface area contributed by atoms with Gasteiger partial charge in [0, 0.05) is 0 Å². The van der Waals surface area contributed by atoms with Crippen molar-refractivity contribution in [3.8, 4) is 0 Å². The molecule has 9 heavy (non-hydrogen) atoms. The van der Waals surface area contributed by atoms with E-state index in [0.717, 1.165) is 0 Å². The van der Waals surface area contributed by atoms with Crippen LogP contribution in [-0.2, 0) is 9.09 Å². The molecule has 0 heterocycles. The smallest absolute Gasteiger partial charge is 0.226 e. The van der Waals surface area contributed by atoms with Crippen LogP contribution in [0.25, 0.3) is 0 Å². The maximum atomic E-state index is 11.2. The first-order valence-electron chi connectivity index (χ1n) is 2.53. The first-order valence-corrected chi connectivity index (χ1v) is 6.58. The summed E-state index contributed by atoms with van der Waals surface area (Å²) >= 11 is 7.41. The van der Waals surface area contributed by atoms with Gasteiger partial charge in [-0.1, -0.05) is 22.6 Å². The van der Waals surface area contributed by atoms with E-state index in [1.165, 1.54) is 0 Å². The number of alkyl halides is 2. The Morgan fingerprint density at radius 3 is 2.44 bits per heavy atom. The first kappa shape index (κ1) is 10.2. The van der Waals surface area contributed by atoms with Crippen LogP contribution >= 0.6 is 41.6 Å². The van der Waals surface area contributed by atoms with Crippen LogP contribution in [0.2, 0.25) is 0 Å². The van der Waals surface area contributed by atoms with Crippen molar-refractivity contribution < 1.29 is 9.09 Å². The molecule has 0 saturated heterocycles. The van der Waals surface area contributed by atoms with Crippen molar-refractivity contribution in [2.24, 2.45) is 0 Å². The van der Waals surface area contributed by atoms with Gasteiger partial charge in [-0.15, -0.1) is 11.6 Å². The van der Waals surface area contributed by atoms with Crippen LogP contribution in [-0.4, -0.2) is 16.4 Å². The highest BCUT2D eigenvalue weighted by Crippen LogP contribution is 2.49. The lowest BCUT2D eigenvalue weighted by Gasteiger charge is -2.09. The van der Waals surface area contributed by atoms with Gasteiger partial charge in [0.25, 0.3) is 0 Å². The summed E-state index contributed by atoms with van der Waals surface area (Å²) in [5.74, 6) is 0. The van der Waals surface area contributed by atoms with Crippen LogP contribution in [0.5, 0.6) is 0 Å². The largest absolute Gasteiger partial charge is 0.327 e. The molecule has 0 radical (unpaired) electrons. The number of rotatable bonds is 4. The van der Waals surface area contributed by atoms with E-state index in [1.54, 1.807) is 0 Å². The van der Waals surface area contributed by atoms with Gasteiger partial charge >= 0.3 is 0 Å². The molecule has 1 unspecified atom stereocenters. The monoisotopic (exact) mass is 282 g/mol. The van der Waals surface area contributed by atoms with E-state index in [4.69, 9.17) is 16.1 Å². The third-order valence-electron chi connectivity index (χ3n) is 0.729. The number of hydrogen-bond donors (Lipinski definition) is 0. The summed E-state index contributed by atoms with van der Waals surface area (Å²) in [7, 11) is -2.43. The minimum atomic E-state index is -2.43. The average Bonchev–Trinajstić information content (AvgIpc) is 1.89. The van der Waals surface area contributed by atoms with Crippen LogP contribution in [0.3, 0.4) is 0 Å². The molecule has 0 rings (SSSR count). The van der Waals surface area contributed by atoms with E-state index < -0.39 is 7.37 Å². The lowest BCUT2D eigenvalue weighted by molar-refractivity contribution is 0.340. The molecule has 0 N–H and O–H groups in total. The molecule has 0 amide bonds. The third kappa shape index (κ3) is 3.81. The number of halogens is 2. The second kappa shape index (κ2) is 4.94. The van der Waals surface area contributed by atoms with Crippen LogP contribution in [0, 0.1) is 0 Å².